The van der Waals surface area contributed by atoms with Crippen LogP contribution in [-0.2, 0) is 10.8 Å². The molecule has 12 aromatic carbocycles. The van der Waals surface area contributed by atoms with Crippen LogP contribution in [0.25, 0.3) is 132 Å². The lowest BCUT2D eigenvalue weighted by atomic mass is 9.80. The molecule has 0 saturated heterocycles. The summed E-state index contributed by atoms with van der Waals surface area (Å²) in [5, 5.41) is 9.92. The van der Waals surface area contributed by atoms with Crippen molar-refractivity contribution in [3.63, 3.8) is 0 Å². The highest BCUT2D eigenvalue weighted by Gasteiger charge is 2.37. The van der Waals surface area contributed by atoms with Crippen LogP contribution < -0.4 is 0 Å². The van der Waals surface area contributed by atoms with E-state index >= 15 is 0 Å². The van der Waals surface area contributed by atoms with E-state index in [0.717, 1.165) is 11.4 Å². The molecule has 0 N–H and O–H groups in total. The lowest BCUT2D eigenvalue weighted by Crippen LogP contribution is -2.14. The van der Waals surface area contributed by atoms with E-state index < -0.39 is 0 Å². The first-order valence-electron chi connectivity index (χ1n) is 26.8. The number of fused-ring (bicyclic) bond motifs is 14. The lowest BCUT2D eigenvalue weighted by Gasteiger charge is -2.23. The monoisotopic (exact) mass is 968 g/mol. The maximum atomic E-state index is 2.52. The molecule has 2 nitrogen and oxygen atoms in total. The Morgan fingerprint density at radius 2 is 0.618 bits per heavy atom. The molecular weight excluding hydrogens is 917 g/mol. The zero-order valence-corrected chi connectivity index (χ0v) is 43.0. The van der Waals surface area contributed by atoms with Crippen molar-refractivity contribution in [2.45, 2.75) is 38.5 Å². The fourth-order valence-corrected chi connectivity index (χ4v) is 14.1. The second-order valence-electron chi connectivity index (χ2n) is 22.4. The normalized spacial score (nSPS) is 14.0. The molecule has 0 saturated carbocycles. The van der Waals surface area contributed by atoms with Gasteiger partial charge in [0.25, 0.3) is 0 Å². The maximum Gasteiger partial charge on any atom is 0.0541 e. The molecule has 2 aliphatic carbocycles. The molecule has 0 aliphatic heterocycles. The third-order valence-electron chi connectivity index (χ3n) is 17.7. The summed E-state index contributed by atoms with van der Waals surface area (Å²) in [6, 6.07) is 91.7. The molecule has 2 heterocycles. The van der Waals surface area contributed by atoms with Crippen molar-refractivity contribution in [3.05, 3.63) is 265 Å². The molecule has 0 radical (unpaired) electrons. The Kier molecular flexibility index (Phi) is 8.89. The number of benzene rings is 12. The summed E-state index contributed by atoms with van der Waals surface area (Å²) in [6.45, 7) is 9.50. The predicted molar refractivity (Wildman–Crippen MR) is 322 cm³/mol. The minimum absolute atomic E-state index is 0.0386. The van der Waals surface area contributed by atoms with Crippen molar-refractivity contribution >= 4 is 65.2 Å². The highest BCUT2D eigenvalue weighted by molar-refractivity contribution is 6.23. The number of aromatic nitrogens is 2. The molecular formula is C74H52N2. The van der Waals surface area contributed by atoms with Crippen LogP contribution in [0.15, 0.2) is 243 Å². The highest BCUT2D eigenvalue weighted by atomic mass is 15.0. The summed E-state index contributed by atoms with van der Waals surface area (Å²) < 4.78 is 4.94. The molecule has 16 rings (SSSR count). The Labute approximate surface area is 442 Å². The summed E-state index contributed by atoms with van der Waals surface area (Å²) in [5.74, 6) is 0. The summed E-state index contributed by atoms with van der Waals surface area (Å²) in [4.78, 5) is 0. The summed E-state index contributed by atoms with van der Waals surface area (Å²) in [7, 11) is 0. The fraction of sp³-hybridized carbons (Fsp3) is 0.0811. The average Bonchev–Trinajstić information content (AvgIpc) is 4.18. The molecule has 0 atom stereocenters. The van der Waals surface area contributed by atoms with Crippen LogP contribution in [0, 0.1) is 0 Å². The summed E-state index contributed by atoms with van der Waals surface area (Å²) >= 11 is 0. The first kappa shape index (κ1) is 43.2. The molecule has 0 bridgehead atoms. The molecule has 2 aromatic heterocycles. The second kappa shape index (κ2) is 15.6. The van der Waals surface area contributed by atoms with E-state index in [9.17, 15) is 0 Å². The van der Waals surface area contributed by atoms with E-state index in [1.54, 1.807) is 0 Å². The van der Waals surface area contributed by atoms with E-state index in [2.05, 4.69) is 279 Å². The van der Waals surface area contributed by atoms with Crippen molar-refractivity contribution in [1.82, 2.24) is 9.13 Å². The van der Waals surface area contributed by atoms with Crippen LogP contribution in [0.1, 0.15) is 49.9 Å². The zero-order valence-electron chi connectivity index (χ0n) is 43.0. The lowest BCUT2D eigenvalue weighted by molar-refractivity contribution is 0.660. The third-order valence-corrected chi connectivity index (χ3v) is 17.7. The molecule has 2 heteroatoms. The van der Waals surface area contributed by atoms with Gasteiger partial charge in [0.2, 0.25) is 0 Å². The van der Waals surface area contributed by atoms with Crippen LogP contribution in [0.2, 0.25) is 0 Å². The number of para-hydroxylation sites is 4. The van der Waals surface area contributed by atoms with Gasteiger partial charge in [-0.1, -0.05) is 210 Å². The first-order chi connectivity index (χ1) is 37.2. The standard InChI is InChI=1S/C74H52N2/c1-73(2)64-24-12-6-18-52(64)60-41-47(34-40-65(60)73)45-29-31-46(32-30-45)71-58-38-35-50(76-69-27-15-9-21-56(69)57-22-10-16-28-70(57)76)44-62(58)72(48-33-37-53-51-17-5-11-23-63(51)74(3,4)66(53)42-48)59-39-36-49(43-61(59)71)75-67-25-13-7-19-54(67)55-20-8-14-26-68(55)75/h5-44H,1-4H3. The number of nitrogens with zero attached hydrogens (tertiary/aromatic N) is 2. The van der Waals surface area contributed by atoms with Gasteiger partial charge in [-0.05, 0) is 160 Å². The van der Waals surface area contributed by atoms with Gasteiger partial charge in [0.15, 0.2) is 0 Å². The summed E-state index contributed by atoms with van der Waals surface area (Å²) in [5.41, 5.74) is 25.1. The van der Waals surface area contributed by atoms with Crippen molar-refractivity contribution < 1.29 is 0 Å². The molecule has 0 unspecified atom stereocenters. The van der Waals surface area contributed by atoms with Gasteiger partial charge in [-0.3, -0.25) is 0 Å². The average molecular weight is 969 g/mol. The first-order valence-corrected chi connectivity index (χ1v) is 26.8. The van der Waals surface area contributed by atoms with Crippen molar-refractivity contribution in [3.8, 4) is 67.0 Å². The van der Waals surface area contributed by atoms with Crippen LogP contribution in [0.3, 0.4) is 0 Å². The fourth-order valence-electron chi connectivity index (χ4n) is 14.1. The van der Waals surface area contributed by atoms with Crippen LogP contribution >= 0.6 is 0 Å². The van der Waals surface area contributed by atoms with Gasteiger partial charge < -0.3 is 9.13 Å². The van der Waals surface area contributed by atoms with Gasteiger partial charge >= 0.3 is 0 Å². The SMILES string of the molecule is CC1(C)c2ccccc2-c2cc(-c3ccc(-c4c5ccc(-n6c7ccccc7c7ccccc76)cc5c(-c5ccc6c(c5)C(C)(C)c5ccccc5-6)c5ccc(-n6c7ccccc7c7ccccc76)cc45)cc3)ccc21. The number of rotatable bonds is 5. The number of hydrogen-bond donors (Lipinski definition) is 0. The Morgan fingerprint density at radius 3 is 1.14 bits per heavy atom. The third kappa shape index (κ3) is 5.93. The van der Waals surface area contributed by atoms with Crippen molar-refractivity contribution in [1.29, 1.82) is 0 Å². The smallest absolute Gasteiger partial charge is 0.0541 e. The minimum Gasteiger partial charge on any atom is -0.309 e. The maximum absolute atomic E-state index is 2.52. The van der Waals surface area contributed by atoms with Gasteiger partial charge in [0.1, 0.15) is 0 Å². The van der Waals surface area contributed by atoms with E-state index in [0.29, 0.717) is 0 Å². The van der Waals surface area contributed by atoms with E-state index in [4.69, 9.17) is 0 Å². The van der Waals surface area contributed by atoms with Crippen molar-refractivity contribution in [2.75, 3.05) is 0 Å². The van der Waals surface area contributed by atoms with Crippen LogP contribution in [0.5, 0.6) is 0 Å². The van der Waals surface area contributed by atoms with Gasteiger partial charge in [0.05, 0.1) is 22.1 Å². The zero-order chi connectivity index (χ0) is 50.6. The van der Waals surface area contributed by atoms with E-state index in [1.807, 2.05) is 0 Å². The Balaban J connectivity index is 0.987. The molecule has 14 aromatic rings. The van der Waals surface area contributed by atoms with Crippen molar-refractivity contribution in [2.24, 2.45) is 0 Å². The predicted octanol–water partition coefficient (Wildman–Crippen LogP) is 19.8. The Morgan fingerprint density at radius 1 is 0.237 bits per heavy atom. The van der Waals surface area contributed by atoms with E-state index in [1.165, 1.54) is 143 Å². The Bertz CT molecular complexity index is 4700. The molecule has 0 amide bonds. The summed E-state index contributed by atoms with van der Waals surface area (Å²) in [6.07, 6.45) is 0. The minimum atomic E-state index is -0.161. The highest BCUT2D eigenvalue weighted by Crippen LogP contribution is 2.53. The van der Waals surface area contributed by atoms with Crippen LogP contribution in [-0.4, -0.2) is 9.13 Å². The quantitative estimate of drug-likeness (QED) is 0.152. The molecule has 76 heavy (non-hydrogen) atoms. The topological polar surface area (TPSA) is 9.86 Å². The van der Waals surface area contributed by atoms with Gasteiger partial charge in [-0.2, -0.15) is 0 Å². The molecule has 0 fully saturated rings. The van der Waals surface area contributed by atoms with Gasteiger partial charge in [0, 0.05) is 43.7 Å². The van der Waals surface area contributed by atoms with Crippen LogP contribution in [0.4, 0.5) is 0 Å². The Hall–Kier alpha value is -9.24. The van der Waals surface area contributed by atoms with Gasteiger partial charge in [-0.15, -0.1) is 0 Å². The number of hydrogen-bond acceptors (Lipinski definition) is 0. The molecule has 0 spiro atoms. The van der Waals surface area contributed by atoms with E-state index in [-0.39, 0.29) is 10.8 Å². The largest absolute Gasteiger partial charge is 0.309 e. The molecule has 358 valence electrons. The van der Waals surface area contributed by atoms with Gasteiger partial charge in [-0.25, -0.2) is 0 Å². The second-order valence-corrected chi connectivity index (χ2v) is 22.4. The molecule has 2 aliphatic rings.